The summed E-state index contributed by atoms with van der Waals surface area (Å²) in [6, 6.07) is 13.6. The fraction of sp³-hybridized carbons (Fsp3) is 0.400. The Morgan fingerprint density at radius 1 is 1.28 bits per heavy atom. The number of benzene rings is 1. The molecule has 132 valence electrons. The van der Waals surface area contributed by atoms with Crippen molar-refractivity contribution in [1.29, 1.82) is 0 Å². The molecule has 5 nitrogen and oxygen atoms in total. The van der Waals surface area contributed by atoms with Crippen molar-refractivity contribution in [3.05, 3.63) is 65.5 Å². The van der Waals surface area contributed by atoms with Crippen LogP contribution >= 0.6 is 0 Å². The van der Waals surface area contributed by atoms with Crippen LogP contribution in [0.15, 0.2) is 48.7 Å². The summed E-state index contributed by atoms with van der Waals surface area (Å²) < 4.78 is 5.70. The number of hydrogen-bond donors (Lipinski definition) is 1. The summed E-state index contributed by atoms with van der Waals surface area (Å²) in [6.45, 7) is 7.77. The molecule has 2 amide bonds. The van der Waals surface area contributed by atoms with E-state index in [2.05, 4.69) is 16.4 Å². The number of rotatable bonds is 3. The minimum Gasteiger partial charge on any atom is -0.372 e. The molecule has 0 saturated carbocycles. The van der Waals surface area contributed by atoms with Gasteiger partial charge in [0.15, 0.2) is 0 Å². The summed E-state index contributed by atoms with van der Waals surface area (Å²) in [5.74, 6) is 0. The molecule has 0 bridgehead atoms. The number of aromatic nitrogens is 1. The zero-order valence-electron chi connectivity index (χ0n) is 15.0. The molecule has 2 aromatic rings. The average molecular weight is 339 g/mol. The van der Waals surface area contributed by atoms with E-state index in [-0.39, 0.29) is 17.7 Å². The monoisotopic (exact) mass is 339 g/mol. The van der Waals surface area contributed by atoms with E-state index in [4.69, 9.17) is 4.74 Å². The summed E-state index contributed by atoms with van der Waals surface area (Å²) in [7, 11) is 0. The van der Waals surface area contributed by atoms with E-state index >= 15 is 0 Å². The first kappa shape index (κ1) is 17.4. The highest BCUT2D eigenvalue weighted by Crippen LogP contribution is 2.23. The van der Waals surface area contributed by atoms with Crippen molar-refractivity contribution in [3.8, 4) is 0 Å². The van der Waals surface area contributed by atoms with E-state index in [1.165, 1.54) is 0 Å². The molecule has 0 unspecified atom stereocenters. The Morgan fingerprint density at radius 3 is 2.80 bits per heavy atom. The Labute approximate surface area is 149 Å². The number of ether oxygens (including phenoxy) is 1. The molecule has 0 radical (unpaired) electrons. The van der Waals surface area contributed by atoms with E-state index in [9.17, 15) is 4.79 Å². The quantitative estimate of drug-likeness (QED) is 0.933. The van der Waals surface area contributed by atoms with Crippen LogP contribution in [0.25, 0.3) is 0 Å². The second-order valence-corrected chi connectivity index (χ2v) is 7.08. The molecule has 25 heavy (non-hydrogen) atoms. The van der Waals surface area contributed by atoms with Crippen molar-refractivity contribution in [2.24, 2.45) is 0 Å². The van der Waals surface area contributed by atoms with Crippen LogP contribution in [0.2, 0.25) is 0 Å². The molecule has 1 aliphatic rings. The molecule has 1 aromatic carbocycles. The predicted molar refractivity (Wildman–Crippen MR) is 97.4 cm³/mol. The lowest BCUT2D eigenvalue weighted by Gasteiger charge is -2.38. The number of amides is 2. The van der Waals surface area contributed by atoms with Gasteiger partial charge in [-0.05, 0) is 38.5 Å². The highest BCUT2D eigenvalue weighted by molar-refractivity contribution is 5.75. The Bertz CT molecular complexity index is 731. The van der Waals surface area contributed by atoms with Gasteiger partial charge in [-0.2, -0.15) is 0 Å². The Kier molecular flexibility index (Phi) is 5.04. The van der Waals surface area contributed by atoms with Gasteiger partial charge >= 0.3 is 6.03 Å². The first-order valence-electron chi connectivity index (χ1n) is 8.61. The summed E-state index contributed by atoms with van der Waals surface area (Å²) in [6.07, 6.45) is 1.75. The lowest BCUT2D eigenvalue weighted by Crippen LogP contribution is -2.54. The smallest absolute Gasteiger partial charge is 0.318 e. The molecule has 2 heterocycles. The normalized spacial score (nSPS) is 17.8. The first-order valence-corrected chi connectivity index (χ1v) is 8.61. The van der Waals surface area contributed by atoms with Crippen molar-refractivity contribution in [2.75, 3.05) is 19.7 Å². The van der Waals surface area contributed by atoms with Gasteiger partial charge in [0, 0.05) is 12.7 Å². The van der Waals surface area contributed by atoms with Gasteiger partial charge in [0.25, 0.3) is 0 Å². The third-order valence-electron chi connectivity index (χ3n) is 4.34. The molecule has 3 rings (SSSR count). The van der Waals surface area contributed by atoms with Crippen molar-refractivity contribution in [2.45, 2.75) is 32.4 Å². The number of carbonyl (C=O) groups excluding carboxylic acids is 1. The molecular weight excluding hydrogens is 314 g/mol. The second kappa shape index (κ2) is 7.23. The van der Waals surface area contributed by atoms with Crippen LogP contribution in [0.1, 0.15) is 36.7 Å². The molecule has 1 fully saturated rings. The van der Waals surface area contributed by atoms with Crippen molar-refractivity contribution in [3.63, 3.8) is 0 Å². The molecular formula is C20H25N3O2. The second-order valence-electron chi connectivity index (χ2n) is 7.08. The van der Waals surface area contributed by atoms with Gasteiger partial charge in [0.1, 0.15) is 0 Å². The Balaban J connectivity index is 1.84. The molecule has 0 spiro atoms. The van der Waals surface area contributed by atoms with Gasteiger partial charge in [0.05, 0.1) is 30.5 Å². The number of morpholine rings is 1. The lowest BCUT2D eigenvalue weighted by atomic mass is 10.0. The molecule has 1 N–H and O–H groups in total. The minimum atomic E-state index is -0.320. The van der Waals surface area contributed by atoms with E-state index in [0.29, 0.717) is 19.7 Å². The van der Waals surface area contributed by atoms with E-state index in [1.54, 1.807) is 6.20 Å². The van der Waals surface area contributed by atoms with Crippen molar-refractivity contribution >= 4 is 6.03 Å². The number of carbonyl (C=O) groups is 1. The topological polar surface area (TPSA) is 54.5 Å². The van der Waals surface area contributed by atoms with Crippen LogP contribution in [0, 0.1) is 6.92 Å². The minimum absolute atomic E-state index is 0.0893. The predicted octanol–water partition coefficient (Wildman–Crippen LogP) is 3.30. The summed E-state index contributed by atoms with van der Waals surface area (Å²) >= 11 is 0. The molecule has 1 aliphatic heterocycles. The van der Waals surface area contributed by atoms with Gasteiger partial charge in [-0.3, -0.25) is 4.98 Å². The molecule has 1 aromatic heterocycles. The van der Waals surface area contributed by atoms with Crippen molar-refractivity contribution in [1.82, 2.24) is 15.2 Å². The largest absolute Gasteiger partial charge is 0.372 e. The number of aryl methyl sites for hydroxylation is 1. The van der Waals surface area contributed by atoms with Gasteiger partial charge in [-0.25, -0.2) is 4.79 Å². The summed E-state index contributed by atoms with van der Waals surface area (Å²) in [4.78, 5) is 19.1. The zero-order valence-corrected chi connectivity index (χ0v) is 15.0. The standard InChI is InChI=1S/C20H25N3O2/c1-15-7-6-8-16(13-15)18(17-9-4-5-10-21-17)22-19(24)23-11-12-25-20(2,3)14-23/h4-10,13,18H,11-12,14H2,1-3H3,(H,22,24)/t18-/m1/s1. The first-order chi connectivity index (χ1) is 11.9. The summed E-state index contributed by atoms with van der Waals surface area (Å²) in [5, 5.41) is 3.15. The highest BCUT2D eigenvalue weighted by atomic mass is 16.5. The van der Waals surface area contributed by atoms with Crippen LogP contribution in [-0.4, -0.2) is 41.2 Å². The number of urea groups is 1. The maximum Gasteiger partial charge on any atom is 0.318 e. The van der Waals surface area contributed by atoms with E-state index in [1.807, 2.05) is 62.1 Å². The van der Waals surface area contributed by atoms with Gasteiger partial charge < -0.3 is 15.0 Å². The van der Waals surface area contributed by atoms with Crippen LogP contribution < -0.4 is 5.32 Å². The third-order valence-corrected chi connectivity index (χ3v) is 4.34. The van der Waals surface area contributed by atoms with Crippen LogP contribution in [0.5, 0.6) is 0 Å². The van der Waals surface area contributed by atoms with Crippen LogP contribution in [-0.2, 0) is 4.74 Å². The number of hydrogen-bond acceptors (Lipinski definition) is 3. The number of nitrogens with zero attached hydrogens (tertiary/aromatic N) is 2. The number of nitrogens with one attached hydrogen (secondary N) is 1. The SMILES string of the molecule is Cc1cccc([C@@H](NC(=O)N2CCOC(C)(C)C2)c2ccccn2)c1. The number of pyridine rings is 1. The third kappa shape index (κ3) is 4.37. The van der Waals surface area contributed by atoms with Gasteiger partial charge in [-0.1, -0.05) is 35.9 Å². The van der Waals surface area contributed by atoms with Crippen LogP contribution in [0.3, 0.4) is 0 Å². The Hall–Kier alpha value is -2.40. The van der Waals surface area contributed by atoms with Gasteiger partial charge in [0.2, 0.25) is 0 Å². The lowest BCUT2D eigenvalue weighted by molar-refractivity contribution is -0.0734. The molecule has 5 heteroatoms. The molecule has 1 atom stereocenters. The fourth-order valence-electron chi connectivity index (χ4n) is 3.13. The zero-order chi connectivity index (χ0) is 17.9. The van der Waals surface area contributed by atoms with E-state index < -0.39 is 0 Å². The average Bonchev–Trinajstić information content (AvgIpc) is 2.59. The maximum atomic E-state index is 12.9. The molecule has 1 saturated heterocycles. The van der Waals surface area contributed by atoms with Crippen molar-refractivity contribution < 1.29 is 9.53 Å². The fourth-order valence-corrected chi connectivity index (χ4v) is 3.13. The molecule has 0 aliphatic carbocycles. The Morgan fingerprint density at radius 2 is 2.12 bits per heavy atom. The maximum absolute atomic E-state index is 12.9. The van der Waals surface area contributed by atoms with Gasteiger partial charge in [-0.15, -0.1) is 0 Å². The van der Waals surface area contributed by atoms with Crippen LogP contribution in [0.4, 0.5) is 4.79 Å². The van der Waals surface area contributed by atoms with E-state index in [0.717, 1.165) is 16.8 Å². The highest BCUT2D eigenvalue weighted by Gasteiger charge is 2.31. The summed E-state index contributed by atoms with van der Waals surface area (Å²) in [5.41, 5.74) is 2.69.